The largest absolute Gasteiger partial charge is 0.343 e. The summed E-state index contributed by atoms with van der Waals surface area (Å²) in [4.78, 5) is 14.5. The Bertz CT molecular complexity index is 381. The van der Waals surface area contributed by atoms with E-state index >= 15 is 0 Å². The first-order chi connectivity index (χ1) is 9.21. The second kappa shape index (κ2) is 6.59. The van der Waals surface area contributed by atoms with Gasteiger partial charge in [0.15, 0.2) is 0 Å². The Morgan fingerprint density at radius 3 is 2.05 bits per heavy atom. The predicted octanol–water partition coefficient (Wildman–Crippen LogP) is 3.29. The van der Waals surface area contributed by atoms with Gasteiger partial charge in [-0.05, 0) is 40.5 Å². The summed E-state index contributed by atoms with van der Waals surface area (Å²) in [5.74, 6) is -0.0831. The summed E-state index contributed by atoms with van der Waals surface area (Å²) >= 11 is 0. The van der Waals surface area contributed by atoms with Gasteiger partial charge in [-0.1, -0.05) is 13.3 Å². The molecule has 1 aliphatic rings. The monoisotopic (exact) mass is 305 g/mol. The van der Waals surface area contributed by atoms with Gasteiger partial charge in [0.2, 0.25) is 5.91 Å². The van der Waals surface area contributed by atoms with Crippen molar-refractivity contribution in [3.63, 3.8) is 0 Å². The summed E-state index contributed by atoms with van der Waals surface area (Å²) < 4.78 is 23.8. The first-order valence-corrected chi connectivity index (χ1v) is 9.02. The number of nitrogens with zero attached hydrogens (tertiary/aromatic N) is 1. The van der Waals surface area contributed by atoms with Gasteiger partial charge in [0.25, 0.3) is 0 Å². The molecule has 1 fully saturated rings. The fourth-order valence-corrected chi connectivity index (χ4v) is 5.04. The molecule has 2 unspecified atom stereocenters. The molecule has 118 valence electrons. The van der Waals surface area contributed by atoms with Gasteiger partial charge in [-0.3, -0.25) is 9.36 Å². The molecular formula is C14H28NO4P. The second-order valence-electron chi connectivity index (χ2n) is 6.11. The van der Waals surface area contributed by atoms with Gasteiger partial charge < -0.3 is 13.9 Å². The molecule has 1 amide bonds. The van der Waals surface area contributed by atoms with E-state index in [1.165, 1.54) is 0 Å². The molecule has 0 aromatic rings. The number of hydrogen-bond donors (Lipinski definition) is 0. The summed E-state index contributed by atoms with van der Waals surface area (Å²) in [5.41, 5.74) is -0.936. The van der Waals surface area contributed by atoms with Crippen LogP contribution in [0.5, 0.6) is 0 Å². The van der Waals surface area contributed by atoms with Gasteiger partial charge in [-0.25, -0.2) is 0 Å². The Labute approximate surface area is 122 Å². The average molecular weight is 305 g/mol. The van der Waals surface area contributed by atoms with E-state index in [0.717, 1.165) is 6.42 Å². The quantitative estimate of drug-likeness (QED) is 0.707. The molecule has 0 radical (unpaired) electrons. The van der Waals surface area contributed by atoms with Crippen LogP contribution in [0.25, 0.3) is 0 Å². The zero-order valence-electron chi connectivity index (χ0n) is 13.5. The molecule has 0 saturated carbocycles. The Balaban J connectivity index is 3.13. The van der Waals surface area contributed by atoms with E-state index in [4.69, 9.17) is 9.05 Å². The van der Waals surface area contributed by atoms with Crippen molar-refractivity contribution in [2.75, 3.05) is 19.8 Å². The summed E-state index contributed by atoms with van der Waals surface area (Å²) in [5, 5.41) is 0. The third-order valence-electron chi connectivity index (χ3n) is 3.68. The Morgan fingerprint density at radius 1 is 1.20 bits per heavy atom. The highest BCUT2D eigenvalue weighted by atomic mass is 31.2. The standard InChI is InChI=1S/C14H28NO4P/c1-7-11-10-15(14(4,5)6)13(16)12(11)20(17,18-8-2)19-9-3/h11-12H,7-10H2,1-6H3. The molecule has 1 rings (SSSR count). The van der Waals surface area contributed by atoms with E-state index < -0.39 is 13.3 Å². The van der Waals surface area contributed by atoms with Crippen LogP contribution < -0.4 is 0 Å². The summed E-state index contributed by atoms with van der Waals surface area (Å²) in [6.07, 6.45) is 0.785. The Kier molecular flexibility index (Phi) is 5.82. The number of likely N-dealkylation sites (tertiary alicyclic amines) is 1. The maximum Gasteiger partial charge on any atom is 0.343 e. The number of rotatable bonds is 6. The fraction of sp³-hybridized carbons (Fsp3) is 0.929. The first-order valence-electron chi connectivity index (χ1n) is 7.41. The molecular weight excluding hydrogens is 277 g/mol. The minimum absolute atomic E-state index is 0.0191. The summed E-state index contributed by atoms with van der Waals surface area (Å²) in [6, 6.07) is 0. The highest BCUT2D eigenvalue weighted by Gasteiger charge is 2.54. The van der Waals surface area contributed by atoms with Crippen molar-refractivity contribution in [1.29, 1.82) is 0 Å². The highest BCUT2D eigenvalue weighted by Crippen LogP contribution is 2.58. The van der Waals surface area contributed by atoms with Crippen LogP contribution in [-0.4, -0.2) is 41.8 Å². The molecule has 0 aromatic heterocycles. The maximum atomic E-state index is 13.0. The minimum Gasteiger partial charge on any atom is -0.337 e. The molecule has 6 heteroatoms. The van der Waals surface area contributed by atoms with Crippen molar-refractivity contribution < 1.29 is 18.4 Å². The number of carbonyl (C=O) groups is 1. The normalized spacial score (nSPS) is 24.5. The second-order valence-corrected chi connectivity index (χ2v) is 8.26. The van der Waals surface area contributed by atoms with Crippen LogP contribution in [0.3, 0.4) is 0 Å². The van der Waals surface area contributed by atoms with E-state index in [1.807, 2.05) is 27.7 Å². The van der Waals surface area contributed by atoms with E-state index in [2.05, 4.69) is 0 Å². The van der Waals surface area contributed by atoms with E-state index in [0.29, 0.717) is 6.54 Å². The van der Waals surface area contributed by atoms with Gasteiger partial charge in [0.1, 0.15) is 5.66 Å². The van der Waals surface area contributed by atoms with Gasteiger partial charge in [-0.15, -0.1) is 0 Å². The van der Waals surface area contributed by atoms with E-state index in [1.54, 1.807) is 18.7 Å². The lowest BCUT2D eigenvalue weighted by molar-refractivity contribution is -0.131. The van der Waals surface area contributed by atoms with Crippen LogP contribution in [0, 0.1) is 5.92 Å². The highest BCUT2D eigenvalue weighted by molar-refractivity contribution is 7.55. The summed E-state index contributed by atoms with van der Waals surface area (Å²) in [7, 11) is -3.39. The molecule has 2 atom stereocenters. The van der Waals surface area contributed by atoms with Crippen LogP contribution in [-0.2, 0) is 18.4 Å². The van der Waals surface area contributed by atoms with E-state index in [9.17, 15) is 9.36 Å². The minimum atomic E-state index is -3.39. The fourth-order valence-electron chi connectivity index (χ4n) is 2.69. The predicted molar refractivity (Wildman–Crippen MR) is 79.9 cm³/mol. The molecule has 0 bridgehead atoms. The van der Waals surface area contributed by atoms with Crippen molar-refractivity contribution in [2.24, 2.45) is 5.92 Å². The zero-order chi connectivity index (χ0) is 15.6. The zero-order valence-corrected chi connectivity index (χ0v) is 14.4. The smallest absolute Gasteiger partial charge is 0.337 e. The summed E-state index contributed by atoms with van der Waals surface area (Å²) in [6.45, 7) is 12.7. The lowest BCUT2D eigenvalue weighted by Crippen LogP contribution is -2.44. The molecule has 0 N–H and O–H groups in total. The first kappa shape index (κ1) is 17.7. The van der Waals surface area contributed by atoms with Crippen molar-refractivity contribution in [3.8, 4) is 0 Å². The van der Waals surface area contributed by atoms with Crippen molar-refractivity contribution in [2.45, 2.75) is 59.2 Å². The molecule has 5 nitrogen and oxygen atoms in total. The van der Waals surface area contributed by atoms with Crippen LogP contribution in [0.1, 0.15) is 48.0 Å². The third-order valence-corrected chi connectivity index (χ3v) is 6.24. The van der Waals surface area contributed by atoms with Gasteiger partial charge in [0, 0.05) is 12.1 Å². The lowest BCUT2D eigenvalue weighted by atomic mass is 10.1. The number of carbonyl (C=O) groups excluding carboxylic acids is 1. The SMILES string of the molecule is CCOP(=O)(OCC)C1C(=O)N(C(C)(C)C)CC1CC. The molecule has 0 spiro atoms. The lowest BCUT2D eigenvalue weighted by Gasteiger charge is -2.32. The molecule has 1 saturated heterocycles. The van der Waals surface area contributed by atoms with Crippen molar-refractivity contribution in [1.82, 2.24) is 4.90 Å². The molecule has 20 heavy (non-hydrogen) atoms. The van der Waals surface area contributed by atoms with E-state index in [-0.39, 0.29) is 30.6 Å². The van der Waals surface area contributed by atoms with Crippen LogP contribution in [0.4, 0.5) is 0 Å². The average Bonchev–Trinajstić information content (AvgIpc) is 2.67. The van der Waals surface area contributed by atoms with Crippen LogP contribution in [0.15, 0.2) is 0 Å². The van der Waals surface area contributed by atoms with Crippen LogP contribution >= 0.6 is 7.60 Å². The molecule has 1 heterocycles. The van der Waals surface area contributed by atoms with Crippen molar-refractivity contribution >= 4 is 13.5 Å². The topological polar surface area (TPSA) is 55.8 Å². The molecule has 0 aromatic carbocycles. The van der Waals surface area contributed by atoms with Gasteiger partial charge in [0.05, 0.1) is 13.2 Å². The third kappa shape index (κ3) is 3.44. The molecule has 1 aliphatic heterocycles. The van der Waals surface area contributed by atoms with Crippen molar-refractivity contribution in [3.05, 3.63) is 0 Å². The number of hydrogen-bond acceptors (Lipinski definition) is 4. The Morgan fingerprint density at radius 2 is 1.70 bits per heavy atom. The van der Waals surface area contributed by atoms with Gasteiger partial charge in [-0.2, -0.15) is 0 Å². The Hall–Kier alpha value is -0.380. The van der Waals surface area contributed by atoms with Gasteiger partial charge >= 0.3 is 7.60 Å². The number of amides is 1. The van der Waals surface area contributed by atoms with Crippen LogP contribution in [0.2, 0.25) is 0 Å². The maximum absolute atomic E-state index is 13.0. The molecule has 0 aliphatic carbocycles.